The molecule has 0 aliphatic carbocycles. The molecule has 0 spiro atoms. The predicted octanol–water partition coefficient (Wildman–Crippen LogP) is 2.52. The van der Waals surface area contributed by atoms with Crippen LogP contribution in [0.4, 0.5) is 0 Å². The first-order valence-electron chi connectivity index (χ1n) is 9.07. The molecule has 0 aromatic heterocycles. The zero-order chi connectivity index (χ0) is 20.8. The first-order chi connectivity index (χ1) is 12.6. The van der Waals surface area contributed by atoms with E-state index < -0.39 is 16.0 Å². The molecule has 1 amide bonds. The smallest absolute Gasteiger partial charge is 0.338 e. The van der Waals surface area contributed by atoms with Crippen molar-refractivity contribution in [2.45, 2.75) is 57.5 Å². The van der Waals surface area contributed by atoms with E-state index in [1.54, 1.807) is 4.90 Å². The Labute approximate surface area is 162 Å². The summed E-state index contributed by atoms with van der Waals surface area (Å²) >= 11 is 0. The molecule has 0 saturated heterocycles. The van der Waals surface area contributed by atoms with Crippen LogP contribution in [0.5, 0.6) is 0 Å². The van der Waals surface area contributed by atoms with Gasteiger partial charge in [0.1, 0.15) is 0 Å². The third kappa shape index (κ3) is 5.77. The Bertz CT molecular complexity index is 734. The van der Waals surface area contributed by atoms with E-state index in [1.165, 1.54) is 38.4 Å². The fourth-order valence-corrected chi connectivity index (χ4v) is 3.48. The van der Waals surface area contributed by atoms with Crippen molar-refractivity contribution in [3.8, 4) is 0 Å². The van der Waals surface area contributed by atoms with Crippen LogP contribution in [-0.4, -0.2) is 62.3 Å². The standard InChI is InChI=1S/C19H30N2O5S/c1-7-14(3)21(15(4)8-2)18(22)13-26-19(23)16-9-11-17(12-10-16)27(24,25)20(5)6/h9-12,14-15H,7-8,13H2,1-6H3/t14-,15-/m0/s1. The molecule has 27 heavy (non-hydrogen) atoms. The molecule has 0 aliphatic rings. The van der Waals surface area contributed by atoms with Crippen LogP contribution in [0, 0.1) is 0 Å². The molecule has 1 rings (SSSR count). The number of benzene rings is 1. The van der Waals surface area contributed by atoms with Crippen LogP contribution >= 0.6 is 0 Å². The topological polar surface area (TPSA) is 84.0 Å². The number of ether oxygens (including phenoxy) is 1. The van der Waals surface area contributed by atoms with Crippen molar-refractivity contribution in [1.29, 1.82) is 0 Å². The van der Waals surface area contributed by atoms with Gasteiger partial charge >= 0.3 is 5.97 Å². The quantitative estimate of drug-likeness (QED) is 0.597. The maximum atomic E-state index is 12.5. The van der Waals surface area contributed by atoms with Crippen molar-refractivity contribution in [3.63, 3.8) is 0 Å². The lowest BCUT2D eigenvalue weighted by Gasteiger charge is -2.33. The van der Waals surface area contributed by atoms with Crippen LogP contribution in [0.2, 0.25) is 0 Å². The lowest BCUT2D eigenvalue weighted by atomic mass is 10.1. The maximum absolute atomic E-state index is 12.5. The van der Waals surface area contributed by atoms with E-state index in [-0.39, 0.29) is 35.1 Å². The van der Waals surface area contributed by atoms with Gasteiger partial charge in [-0.25, -0.2) is 17.5 Å². The van der Waals surface area contributed by atoms with Gasteiger partial charge in [0.2, 0.25) is 10.0 Å². The molecule has 0 saturated carbocycles. The molecule has 2 atom stereocenters. The van der Waals surface area contributed by atoms with Crippen LogP contribution in [0.1, 0.15) is 50.9 Å². The molecule has 1 aromatic carbocycles. The number of sulfonamides is 1. The van der Waals surface area contributed by atoms with E-state index in [1.807, 2.05) is 27.7 Å². The molecule has 0 unspecified atom stereocenters. The number of hydrogen-bond acceptors (Lipinski definition) is 5. The van der Waals surface area contributed by atoms with Gasteiger partial charge < -0.3 is 9.64 Å². The molecule has 1 aromatic rings. The normalized spacial score (nSPS) is 13.9. The van der Waals surface area contributed by atoms with Crippen molar-refractivity contribution in [3.05, 3.63) is 29.8 Å². The molecule has 0 radical (unpaired) electrons. The number of rotatable bonds is 9. The van der Waals surface area contributed by atoms with Gasteiger partial charge in [0.05, 0.1) is 10.5 Å². The van der Waals surface area contributed by atoms with E-state index >= 15 is 0 Å². The second-order valence-corrected chi connectivity index (χ2v) is 8.86. The summed E-state index contributed by atoms with van der Waals surface area (Å²) in [6.07, 6.45) is 1.62. The van der Waals surface area contributed by atoms with Gasteiger partial charge in [0.25, 0.3) is 5.91 Å². The minimum absolute atomic E-state index is 0.0571. The van der Waals surface area contributed by atoms with Crippen LogP contribution in [-0.2, 0) is 19.6 Å². The van der Waals surface area contributed by atoms with Crippen molar-refractivity contribution in [1.82, 2.24) is 9.21 Å². The molecule has 7 nitrogen and oxygen atoms in total. The summed E-state index contributed by atoms with van der Waals surface area (Å²) in [5, 5.41) is 0. The largest absolute Gasteiger partial charge is 0.452 e. The fourth-order valence-electron chi connectivity index (χ4n) is 2.58. The molecule has 8 heteroatoms. The van der Waals surface area contributed by atoms with Crippen molar-refractivity contribution in [2.24, 2.45) is 0 Å². The summed E-state index contributed by atoms with van der Waals surface area (Å²) in [4.78, 5) is 26.5. The predicted molar refractivity (Wildman–Crippen MR) is 104 cm³/mol. The summed E-state index contributed by atoms with van der Waals surface area (Å²) in [5.74, 6) is -0.899. The highest BCUT2D eigenvalue weighted by Crippen LogP contribution is 2.15. The molecule has 0 heterocycles. The molecule has 0 aliphatic heterocycles. The van der Waals surface area contributed by atoms with Gasteiger partial charge in [-0.05, 0) is 51.0 Å². The van der Waals surface area contributed by atoms with Gasteiger partial charge in [0, 0.05) is 26.2 Å². The first kappa shape index (κ1) is 23.1. The van der Waals surface area contributed by atoms with Crippen molar-refractivity contribution < 1.29 is 22.7 Å². The van der Waals surface area contributed by atoms with E-state index in [9.17, 15) is 18.0 Å². The highest BCUT2D eigenvalue weighted by Gasteiger charge is 2.25. The SMILES string of the molecule is CC[C@H](C)N(C(=O)COC(=O)c1ccc(S(=O)(=O)N(C)C)cc1)[C@@H](C)CC. The van der Waals surface area contributed by atoms with Gasteiger partial charge in [-0.1, -0.05) is 13.8 Å². The van der Waals surface area contributed by atoms with Gasteiger partial charge in [-0.2, -0.15) is 0 Å². The Morgan fingerprint density at radius 1 is 1.00 bits per heavy atom. The Kier molecular flexibility index (Phi) is 8.43. The number of carbonyl (C=O) groups is 2. The number of nitrogens with zero attached hydrogens (tertiary/aromatic N) is 2. The Morgan fingerprint density at radius 3 is 1.89 bits per heavy atom. The van der Waals surface area contributed by atoms with Crippen molar-refractivity contribution in [2.75, 3.05) is 20.7 Å². The zero-order valence-electron chi connectivity index (χ0n) is 16.9. The molecule has 152 valence electrons. The summed E-state index contributed by atoms with van der Waals surface area (Å²) < 4.78 is 30.3. The summed E-state index contributed by atoms with van der Waals surface area (Å²) in [6, 6.07) is 5.56. The summed E-state index contributed by atoms with van der Waals surface area (Å²) in [6.45, 7) is 7.60. The molecular weight excluding hydrogens is 368 g/mol. The molecular formula is C19H30N2O5S. The minimum Gasteiger partial charge on any atom is -0.452 e. The second-order valence-electron chi connectivity index (χ2n) is 6.70. The molecule has 0 bridgehead atoms. The van der Waals surface area contributed by atoms with Crippen molar-refractivity contribution >= 4 is 21.9 Å². The van der Waals surface area contributed by atoms with Crippen LogP contribution in [0.3, 0.4) is 0 Å². The number of esters is 1. The monoisotopic (exact) mass is 398 g/mol. The lowest BCUT2D eigenvalue weighted by Crippen LogP contribution is -2.46. The summed E-state index contributed by atoms with van der Waals surface area (Å²) in [7, 11) is -0.693. The Morgan fingerprint density at radius 2 is 1.48 bits per heavy atom. The molecule has 0 fully saturated rings. The number of amides is 1. The third-order valence-electron chi connectivity index (χ3n) is 4.61. The van der Waals surface area contributed by atoms with E-state index in [4.69, 9.17) is 4.74 Å². The zero-order valence-corrected chi connectivity index (χ0v) is 17.7. The van der Waals surface area contributed by atoms with E-state index in [2.05, 4.69) is 0 Å². The number of hydrogen-bond donors (Lipinski definition) is 0. The average molecular weight is 399 g/mol. The average Bonchev–Trinajstić information content (AvgIpc) is 2.65. The maximum Gasteiger partial charge on any atom is 0.338 e. The summed E-state index contributed by atoms with van der Waals surface area (Å²) in [5.41, 5.74) is 0.194. The minimum atomic E-state index is -3.56. The fraction of sp³-hybridized carbons (Fsp3) is 0.579. The first-order valence-corrected chi connectivity index (χ1v) is 10.5. The van der Waals surface area contributed by atoms with E-state index in [0.717, 1.165) is 17.1 Å². The highest BCUT2D eigenvalue weighted by molar-refractivity contribution is 7.89. The van der Waals surface area contributed by atoms with Crippen LogP contribution < -0.4 is 0 Å². The highest BCUT2D eigenvalue weighted by atomic mass is 32.2. The van der Waals surface area contributed by atoms with Gasteiger partial charge in [-0.3, -0.25) is 4.79 Å². The Hall–Kier alpha value is -1.93. The molecule has 0 N–H and O–H groups in total. The second kappa shape index (κ2) is 9.85. The van der Waals surface area contributed by atoms with Gasteiger partial charge in [-0.15, -0.1) is 0 Å². The van der Waals surface area contributed by atoms with Crippen LogP contribution in [0.25, 0.3) is 0 Å². The van der Waals surface area contributed by atoms with Crippen LogP contribution in [0.15, 0.2) is 29.2 Å². The lowest BCUT2D eigenvalue weighted by molar-refractivity contribution is -0.139. The number of carbonyl (C=O) groups excluding carboxylic acids is 2. The third-order valence-corrected chi connectivity index (χ3v) is 6.44. The Balaban J connectivity index is 2.80. The van der Waals surface area contributed by atoms with E-state index in [0.29, 0.717) is 0 Å². The van der Waals surface area contributed by atoms with Gasteiger partial charge in [0.15, 0.2) is 6.61 Å².